The third-order valence-corrected chi connectivity index (χ3v) is 2.85. The van der Waals surface area contributed by atoms with Gasteiger partial charge in [-0.2, -0.15) is 5.10 Å². The largest absolute Gasteiger partial charge is 0.370 e. The predicted octanol–water partition coefficient (Wildman–Crippen LogP) is 0.951. The first kappa shape index (κ1) is 18.8. The van der Waals surface area contributed by atoms with E-state index < -0.39 is 4.92 Å². The lowest BCUT2D eigenvalue weighted by molar-refractivity contribution is -0.385. The quantitative estimate of drug-likeness (QED) is 0.221. The minimum atomic E-state index is -0.482. The van der Waals surface area contributed by atoms with Crippen molar-refractivity contribution in [2.24, 2.45) is 10.7 Å². The lowest BCUT2D eigenvalue weighted by Gasteiger charge is -2.05. The molecule has 3 N–H and O–H groups in total. The van der Waals surface area contributed by atoms with Gasteiger partial charge in [-0.05, 0) is 12.1 Å². The number of nitrogens with zero attached hydrogens (tertiary/aromatic N) is 5. The maximum absolute atomic E-state index is 10.5. The number of aliphatic imine (C=N–C) groups is 1. The lowest BCUT2D eigenvalue weighted by atomic mass is 10.3. The Kier molecular flexibility index (Phi) is 7.94. The van der Waals surface area contributed by atoms with Crippen LogP contribution in [0.3, 0.4) is 0 Å². The van der Waals surface area contributed by atoms with Gasteiger partial charge in [0.15, 0.2) is 5.96 Å². The van der Waals surface area contributed by atoms with Crippen molar-refractivity contribution in [3.63, 3.8) is 0 Å². The van der Waals surface area contributed by atoms with Crippen molar-refractivity contribution in [2.45, 2.75) is 13.0 Å². The van der Waals surface area contributed by atoms with Crippen LogP contribution in [0.2, 0.25) is 0 Å². The molecule has 0 spiro atoms. The summed E-state index contributed by atoms with van der Waals surface area (Å²) in [6.45, 7) is 1.49. The van der Waals surface area contributed by atoms with Crippen LogP contribution in [-0.4, -0.2) is 38.7 Å². The van der Waals surface area contributed by atoms with Crippen molar-refractivity contribution < 1.29 is 4.92 Å². The van der Waals surface area contributed by atoms with Crippen LogP contribution < -0.4 is 11.1 Å². The summed E-state index contributed by atoms with van der Waals surface area (Å²) in [5, 5.41) is 17.3. The highest BCUT2D eigenvalue weighted by molar-refractivity contribution is 14.0. The summed E-state index contributed by atoms with van der Waals surface area (Å²) in [5.74, 6) is 0.331. The van der Waals surface area contributed by atoms with E-state index in [-0.39, 0.29) is 29.7 Å². The van der Waals surface area contributed by atoms with Gasteiger partial charge >= 0.3 is 5.69 Å². The second-order valence-corrected chi connectivity index (χ2v) is 4.48. The molecule has 0 saturated carbocycles. The number of rotatable bonds is 7. The molecule has 2 aromatic heterocycles. The molecule has 2 aromatic rings. The Balaban J connectivity index is 0.00000264. The van der Waals surface area contributed by atoms with Gasteiger partial charge in [0, 0.05) is 31.4 Å². The van der Waals surface area contributed by atoms with Crippen molar-refractivity contribution in [3.8, 4) is 0 Å². The Morgan fingerprint density at radius 3 is 2.96 bits per heavy atom. The fourth-order valence-corrected chi connectivity index (χ4v) is 1.76. The van der Waals surface area contributed by atoms with Gasteiger partial charge in [0.25, 0.3) is 0 Å². The van der Waals surface area contributed by atoms with Crippen LogP contribution in [0.5, 0.6) is 0 Å². The van der Waals surface area contributed by atoms with E-state index in [9.17, 15) is 10.1 Å². The van der Waals surface area contributed by atoms with E-state index in [0.29, 0.717) is 32.0 Å². The van der Waals surface area contributed by atoms with Gasteiger partial charge in [0.05, 0.1) is 11.5 Å². The number of nitrogens with one attached hydrogen (secondary N) is 1. The Labute approximate surface area is 150 Å². The first-order valence-corrected chi connectivity index (χ1v) is 6.75. The van der Waals surface area contributed by atoms with E-state index in [0.717, 1.165) is 5.69 Å². The molecule has 0 aliphatic carbocycles. The molecule has 0 saturated heterocycles. The molecule has 2 heterocycles. The minimum Gasteiger partial charge on any atom is -0.370 e. The maximum Gasteiger partial charge on any atom is 0.306 e. The van der Waals surface area contributed by atoms with E-state index >= 15 is 0 Å². The summed E-state index contributed by atoms with van der Waals surface area (Å²) >= 11 is 0. The average Bonchev–Trinajstić information content (AvgIpc) is 2.97. The standard InChI is InChI=1S/C13H17N7O2.HI/c14-13(16-6-4-11-3-1-2-5-15-11)17-7-8-19-10-12(9-18-19)20(21)22;/h1-3,5,9-10H,4,6-8H2,(H3,14,16,17);1H. The number of pyridine rings is 1. The highest BCUT2D eigenvalue weighted by atomic mass is 127. The Hall–Kier alpha value is -2.24. The number of hydrogen-bond acceptors (Lipinski definition) is 5. The average molecular weight is 431 g/mol. The zero-order chi connectivity index (χ0) is 15.8. The van der Waals surface area contributed by atoms with E-state index in [1.54, 1.807) is 6.20 Å². The SMILES string of the molecule is I.NC(=NCCc1ccccn1)NCCn1cc([N+](=O)[O-])cn1. The molecule has 2 rings (SSSR count). The van der Waals surface area contributed by atoms with Crippen LogP contribution in [0.15, 0.2) is 41.8 Å². The van der Waals surface area contributed by atoms with E-state index in [1.807, 2.05) is 18.2 Å². The summed E-state index contributed by atoms with van der Waals surface area (Å²) in [6.07, 6.45) is 5.04. The molecule has 9 nitrogen and oxygen atoms in total. The molecule has 0 aliphatic rings. The minimum absolute atomic E-state index is 0. The molecule has 0 atom stereocenters. The molecular formula is C13H18IN7O2. The number of hydrogen-bond donors (Lipinski definition) is 2. The zero-order valence-corrected chi connectivity index (χ0v) is 14.7. The third-order valence-electron chi connectivity index (χ3n) is 2.85. The van der Waals surface area contributed by atoms with Crippen LogP contribution in [0.25, 0.3) is 0 Å². The van der Waals surface area contributed by atoms with Crippen molar-refractivity contribution in [2.75, 3.05) is 13.1 Å². The fraction of sp³-hybridized carbons (Fsp3) is 0.308. The number of halogens is 1. The molecular weight excluding hydrogens is 413 g/mol. The van der Waals surface area contributed by atoms with Gasteiger partial charge in [-0.3, -0.25) is 24.8 Å². The molecule has 10 heteroatoms. The van der Waals surface area contributed by atoms with Gasteiger partial charge in [0.2, 0.25) is 0 Å². The van der Waals surface area contributed by atoms with Gasteiger partial charge in [-0.15, -0.1) is 24.0 Å². The predicted molar refractivity (Wildman–Crippen MR) is 96.7 cm³/mol. The van der Waals surface area contributed by atoms with Crippen molar-refractivity contribution in [1.82, 2.24) is 20.1 Å². The molecule has 0 radical (unpaired) electrons. The van der Waals surface area contributed by atoms with Gasteiger partial charge in [0.1, 0.15) is 12.4 Å². The number of nitro groups is 1. The molecule has 0 bridgehead atoms. The highest BCUT2D eigenvalue weighted by Crippen LogP contribution is 2.06. The highest BCUT2D eigenvalue weighted by Gasteiger charge is 2.07. The fourth-order valence-electron chi connectivity index (χ4n) is 1.76. The van der Waals surface area contributed by atoms with Crippen LogP contribution >= 0.6 is 24.0 Å². The molecule has 124 valence electrons. The van der Waals surface area contributed by atoms with E-state index in [4.69, 9.17) is 5.73 Å². The summed E-state index contributed by atoms with van der Waals surface area (Å²) in [4.78, 5) is 18.4. The van der Waals surface area contributed by atoms with Crippen molar-refractivity contribution in [3.05, 3.63) is 52.6 Å². The van der Waals surface area contributed by atoms with E-state index in [1.165, 1.54) is 17.1 Å². The summed E-state index contributed by atoms with van der Waals surface area (Å²) in [6, 6.07) is 5.73. The lowest BCUT2D eigenvalue weighted by Crippen LogP contribution is -2.34. The molecule has 0 aromatic carbocycles. The number of guanidine groups is 1. The Bertz CT molecular complexity index is 645. The van der Waals surface area contributed by atoms with Crippen molar-refractivity contribution >= 4 is 35.6 Å². The smallest absolute Gasteiger partial charge is 0.306 e. The third kappa shape index (κ3) is 6.59. The Morgan fingerprint density at radius 2 is 2.30 bits per heavy atom. The van der Waals surface area contributed by atoms with Gasteiger partial charge in [-0.1, -0.05) is 6.07 Å². The molecule has 0 amide bonds. The molecule has 0 unspecified atom stereocenters. The molecule has 0 fully saturated rings. The Morgan fingerprint density at radius 1 is 1.48 bits per heavy atom. The van der Waals surface area contributed by atoms with Gasteiger partial charge in [-0.25, -0.2) is 0 Å². The first-order chi connectivity index (χ1) is 10.6. The van der Waals surface area contributed by atoms with E-state index in [2.05, 4.69) is 20.4 Å². The molecule has 0 aliphatic heterocycles. The van der Waals surface area contributed by atoms with Crippen LogP contribution in [0.4, 0.5) is 5.69 Å². The number of aromatic nitrogens is 3. The maximum atomic E-state index is 10.5. The second kappa shape index (κ2) is 9.71. The summed E-state index contributed by atoms with van der Waals surface area (Å²) < 4.78 is 1.48. The first-order valence-electron chi connectivity index (χ1n) is 6.75. The topological polar surface area (TPSA) is 124 Å². The van der Waals surface area contributed by atoms with Crippen LogP contribution in [-0.2, 0) is 13.0 Å². The van der Waals surface area contributed by atoms with Gasteiger partial charge < -0.3 is 11.1 Å². The zero-order valence-electron chi connectivity index (χ0n) is 12.3. The van der Waals surface area contributed by atoms with Crippen LogP contribution in [0, 0.1) is 10.1 Å². The molecule has 23 heavy (non-hydrogen) atoms. The van der Waals surface area contributed by atoms with Crippen LogP contribution in [0.1, 0.15) is 5.69 Å². The summed E-state index contributed by atoms with van der Waals surface area (Å²) in [7, 11) is 0. The number of nitrogens with two attached hydrogens (primary N) is 1. The monoisotopic (exact) mass is 431 g/mol. The summed E-state index contributed by atoms with van der Waals surface area (Å²) in [5.41, 5.74) is 6.67. The second-order valence-electron chi connectivity index (χ2n) is 4.48. The van der Waals surface area contributed by atoms with Crippen molar-refractivity contribution in [1.29, 1.82) is 0 Å². The normalized spacial score (nSPS) is 10.9.